The highest BCUT2D eigenvalue weighted by atomic mass is 32.2. The summed E-state index contributed by atoms with van der Waals surface area (Å²) in [5.41, 5.74) is 3.01. The van der Waals surface area contributed by atoms with E-state index in [1.807, 2.05) is 30.3 Å². The van der Waals surface area contributed by atoms with Crippen LogP contribution in [-0.2, 0) is 22.9 Å². The zero-order valence-corrected chi connectivity index (χ0v) is 15.1. The maximum atomic E-state index is 11.9. The molecule has 25 heavy (non-hydrogen) atoms. The molecule has 7 heteroatoms. The van der Waals surface area contributed by atoms with E-state index in [2.05, 4.69) is 5.32 Å². The summed E-state index contributed by atoms with van der Waals surface area (Å²) in [7, 11) is -3.19. The highest BCUT2D eigenvalue weighted by molar-refractivity contribution is 7.88. The number of nitrogens with zero attached hydrogens (tertiary/aromatic N) is 3. The second-order valence-corrected chi connectivity index (χ2v) is 8.75. The van der Waals surface area contributed by atoms with E-state index in [1.165, 1.54) is 10.6 Å². The van der Waals surface area contributed by atoms with Gasteiger partial charge in [0.1, 0.15) is 5.82 Å². The van der Waals surface area contributed by atoms with Crippen LogP contribution in [-0.4, -0.2) is 48.1 Å². The Morgan fingerprint density at radius 1 is 1.08 bits per heavy atom. The van der Waals surface area contributed by atoms with E-state index < -0.39 is 10.0 Å². The Balaban J connectivity index is 1.74. The smallest absolute Gasteiger partial charge is 0.211 e. The lowest BCUT2D eigenvalue weighted by Crippen LogP contribution is -2.32. The molecule has 0 radical (unpaired) electrons. The molecule has 4 rings (SSSR count). The molecule has 2 aromatic rings. The number of sulfonamides is 1. The SMILES string of the molecule is CS(=O)(=O)N1CCc2nc(-c3ccccc3)nc(NC3CC3)c2CC1. The third kappa shape index (κ3) is 3.67. The van der Waals surface area contributed by atoms with Crippen LogP contribution < -0.4 is 5.32 Å². The number of aromatic nitrogens is 2. The Labute approximate surface area is 148 Å². The lowest BCUT2D eigenvalue weighted by Gasteiger charge is -2.16. The zero-order valence-electron chi connectivity index (χ0n) is 14.3. The van der Waals surface area contributed by atoms with E-state index in [1.54, 1.807) is 0 Å². The molecule has 2 aliphatic rings. The third-order valence-corrected chi connectivity index (χ3v) is 6.02. The maximum absolute atomic E-state index is 11.9. The van der Waals surface area contributed by atoms with Crippen molar-refractivity contribution in [2.75, 3.05) is 24.7 Å². The van der Waals surface area contributed by atoms with Gasteiger partial charge in [-0.25, -0.2) is 22.7 Å². The summed E-state index contributed by atoms with van der Waals surface area (Å²) < 4.78 is 25.4. The van der Waals surface area contributed by atoms with E-state index >= 15 is 0 Å². The van der Waals surface area contributed by atoms with Gasteiger partial charge in [0.05, 0.1) is 11.9 Å². The van der Waals surface area contributed by atoms with Crippen LogP contribution in [0.5, 0.6) is 0 Å². The van der Waals surface area contributed by atoms with Gasteiger partial charge in [0.15, 0.2) is 5.82 Å². The highest BCUT2D eigenvalue weighted by Gasteiger charge is 2.28. The lowest BCUT2D eigenvalue weighted by atomic mass is 10.1. The molecule has 0 atom stereocenters. The van der Waals surface area contributed by atoms with Crippen molar-refractivity contribution in [3.8, 4) is 11.4 Å². The number of benzene rings is 1. The molecule has 6 nitrogen and oxygen atoms in total. The monoisotopic (exact) mass is 358 g/mol. The summed E-state index contributed by atoms with van der Waals surface area (Å²) in [6.07, 6.45) is 4.86. The van der Waals surface area contributed by atoms with Gasteiger partial charge in [0, 0.05) is 36.7 Å². The average Bonchev–Trinajstić information content (AvgIpc) is 3.40. The Morgan fingerprint density at radius 2 is 1.80 bits per heavy atom. The van der Waals surface area contributed by atoms with Crippen LogP contribution in [0.2, 0.25) is 0 Å². The molecule has 0 bridgehead atoms. The number of fused-ring (bicyclic) bond motifs is 1. The van der Waals surface area contributed by atoms with Crippen LogP contribution in [0.4, 0.5) is 5.82 Å². The summed E-state index contributed by atoms with van der Waals surface area (Å²) in [5.74, 6) is 1.58. The van der Waals surface area contributed by atoms with Gasteiger partial charge in [-0.1, -0.05) is 30.3 Å². The first-order valence-corrected chi connectivity index (χ1v) is 10.5. The van der Waals surface area contributed by atoms with Crippen LogP contribution in [0.25, 0.3) is 11.4 Å². The molecule has 0 unspecified atom stereocenters. The first-order chi connectivity index (χ1) is 12.0. The number of rotatable bonds is 4. The van der Waals surface area contributed by atoms with Gasteiger partial charge in [-0.3, -0.25) is 0 Å². The summed E-state index contributed by atoms with van der Waals surface area (Å²) >= 11 is 0. The molecular formula is C18H22N4O2S. The second kappa shape index (κ2) is 6.38. The molecule has 0 spiro atoms. The van der Waals surface area contributed by atoms with E-state index in [0.29, 0.717) is 37.8 Å². The largest absolute Gasteiger partial charge is 0.367 e. The summed E-state index contributed by atoms with van der Waals surface area (Å²) in [5, 5.41) is 3.52. The van der Waals surface area contributed by atoms with Crippen molar-refractivity contribution in [1.82, 2.24) is 14.3 Å². The van der Waals surface area contributed by atoms with Crippen molar-refractivity contribution < 1.29 is 8.42 Å². The normalized spacial score (nSPS) is 18.4. The van der Waals surface area contributed by atoms with Crippen LogP contribution in [0.1, 0.15) is 24.1 Å². The van der Waals surface area contributed by atoms with Crippen LogP contribution in [0, 0.1) is 0 Å². The molecule has 1 aliphatic carbocycles. The fourth-order valence-corrected chi connectivity index (χ4v) is 4.01. The predicted molar refractivity (Wildman–Crippen MR) is 97.9 cm³/mol. The Morgan fingerprint density at radius 3 is 2.48 bits per heavy atom. The van der Waals surface area contributed by atoms with Crippen molar-refractivity contribution in [3.05, 3.63) is 41.6 Å². The molecular weight excluding hydrogens is 336 g/mol. The Hall–Kier alpha value is -1.99. The topological polar surface area (TPSA) is 75.2 Å². The van der Waals surface area contributed by atoms with Gasteiger partial charge in [-0.15, -0.1) is 0 Å². The van der Waals surface area contributed by atoms with Gasteiger partial charge in [0.2, 0.25) is 10.0 Å². The quantitative estimate of drug-likeness (QED) is 0.906. The molecule has 1 saturated carbocycles. The van der Waals surface area contributed by atoms with Gasteiger partial charge < -0.3 is 5.32 Å². The number of anilines is 1. The Kier molecular flexibility index (Phi) is 4.21. The van der Waals surface area contributed by atoms with E-state index in [-0.39, 0.29) is 0 Å². The fourth-order valence-electron chi connectivity index (χ4n) is 3.17. The summed E-state index contributed by atoms with van der Waals surface area (Å²) in [4.78, 5) is 9.55. The standard InChI is InChI=1S/C18H22N4O2S/c1-25(23,24)22-11-9-15-16(10-12-22)20-17(13-5-3-2-4-6-13)21-18(15)19-14-7-8-14/h2-6,14H,7-12H2,1H3,(H,19,20,21). The van der Waals surface area contributed by atoms with E-state index in [9.17, 15) is 8.42 Å². The number of hydrogen-bond acceptors (Lipinski definition) is 5. The van der Waals surface area contributed by atoms with Gasteiger partial charge in [-0.05, 0) is 19.3 Å². The molecule has 1 fully saturated rings. The van der Waals surface area contributed by atoms with Crippen LogP contribution in [0.3, 0.4) is 0 Å². The minimum Gasteiger partial charge on any atom is -0.367 e. The van der Waals surface area contributed by atoms with Gasteiger partial charge >= 0.3 is 0 Å². The number of nitrogens with one attached hydrogen (secondary N) is 1. The predicted octanol–water partition coefficient (Wildman–Crippen LogP) is 2.08. The molecule has 2 heterocycles. The summed E-state index contributed by atoms with van der Waals surface area (Å²) in [6, 6.07) is 10.4. The second-order valence-electron chi connectivity index (χ2n) is 6.77. The van der Waals surface area contributed by atoms with Crippen molar-refractivity contribution in [2.24, 2.45) is 0 Å². The Bertz CT molecular complexity index is 879. The first kappa shape index (κ1) is 16.5. The first-order valence-electron chi connectivity index (χ1n) is 8.67. The van der Waals surface area contributed by atoms with Crippen LogP contribution >= 0.6 is 0 Å². The molecule has 0 amide bonds. The highest BCUT2D eigenvalue weighted by Crippen LogP contribution is 2.30. The minimum absolute atomic E-state index is 0.472. The van der Waals surface area contributed by atoms with E-state index in [0.717, 1.165) is 35.5 Å². The van der Waals surface area contributed by atoms with E-state index in [4.69, 9.17) is 9.97 Å². The number of hydrogen-bond donors (Lipinski definition) is 1. The molecule has 1 aromatic carbocycles. The maximum Gasteiger partial charge on any atom is 0.211 e. The van der Waals surface area contributed by atoms with Crippen molar-refractivity contribution in [1.29, 1.82) is 0 Å². The van der Waals surface area contributed by atoms with Gasteiger partial charge in [-0.2, -0.15) is 0 Å². The lowest BCUT2D eigenvalue weighted by molar-refractivity contribution is 0.430. The zero-order chi connectivity index (χ0) is 17.4. The summed E-state index contributed by atoms with van der Waals surface area (Å²) in [6.45, 7) is 0.958. The van der Waals surface area contributed by atoms with Crippen molar-refractivity contribution in [2.45, 2.75) is 31.7 Å². The molecule has 0 saturated heterocycles. The fraction of sp³-hybridized carbons (Fsp3) is 0.444. The third-order valence-electron chi connectivity index (χ3n) is 4.72. The van der Waals surface area contributed by atoms with Crippen LogP contribution in [0.15, 0.2) is 30.3 Å². The van der Waals surface area contributed by atoms with Crippen molar-refractivity contribution >= 4 is 15.8 Å². The molecule has 1 N–H and O–H groups in total. The molecule has 1 aromatic heterocycles. The minimum atomic E-state index is -3.19. The van der Waals surface area contributed by atoms with Gasteiger partial charge in [0.25, 0.3) is 0 Å². The molecule has 132 valence electrons. The van der Waals surface area contributed by atoms with Crippen molar-refractivity contribution in [3.63, 3.8) is 0 Å². The molecule has 1 aliphatic heterocycles. The average molecular weight is 358 g/mol.